The minimum atomic E-state index is -0.451. The fourth-order valence-corrected chi connectivity index (χ4v) is 3.73. The number of rotatable bonds is 4. The second kappa shape index (κ2) is 9.02. The van der Waals surface area contributed by atoms with Gasteiger partial charge in [-0.3, -0.25) is 4.79 Å². The minimum Gasteiger partial charge on any atom is -0.341 e. The van der Waals surface area contributed by atoms with Crippen molar-refractivity contribution in [2.75, 3.05) is 13.1 Å². The topological polar surface area (TPSA) is 46.3 Å². The quantitative estimate of drug-likeness (QED) is 0.907. The first-order chi connectivity index (χ1) is 11.6. The molecule has 25 heavy (non-hydrogen) atoms. The van der Waals surface area contributed by atoms with Crippen LogP contribution in [0.1, 0.15) is 30.4 Å². The number of carbonyl (C=O) groups is 1. The van der Waals surface area contributed by atoms with Gasteiger partial charge in [0.05, 0.1) is 6.04 Å². The van der Waals surface area contributed by atoms with Gasteiger partial charge in [-0.25, -0.2) is 0 Å². The maximum atomic E-state index is 12.7. The number of hydrogen-bond donors (Lipinski definition) is 1. The summed E-state index contributed by atoms with van der Waals surface area (Å²) in [6.07, 6.45) is 1.61. The van der Waals surface area contributed by atoms with Gasteiger partial charge < -0.3 is 10.6 Å². The smallest absolute Gasteiger partial charge is 0.239 e. The van der Waals surface area contributed by atoms with Crippen LogP contribution in [0.25, 0.3) is 0 Å². The molecule has 3 atom stereocenters. The number of benzene rings is 2. The summed E-state index contributed by atoms with van der Waals surface area (Å²) in [6, 6.07) is 20.2. The summed E-state index contributed by atoms with van der Waals surface area (Å²) in [5.41, 5.74) is 8.68. The number of hydrogen-bond acceptors (Lipinski definition) is 2. The van der Waals surface area contributed by atoms with Crippen LogP contribution in [-0.2, 0) is 11.2 Å². The van der Waals surface area contributed by atoms with E-state index in [2.05, 4.69) is 37.3 Å². The fourth-order valence-electron chi connectivity index (χ4n) is 3.73. The molecule has 3 nitrogen and oxygen atoms in total. The number of carbonyl (C=O) groups excluding carboxylic acids is 1. The van der Waals surface area contributed by atoms with E-state index in [4.69, 9.17) is 5.73 Å². The van der Waals surface area contributed by atoms with Gasteiger partial charge >= 0.3 is 0 Å². The highest BCUT2D eigenvalue weighted by molar-refractivity contribution is 5.85. The molecule has 0 bridgehead atoms. The Balaban J connectivity index is 0.00000225. The van der Waals surface area contributed by atoms with Crippen LogP contribution in [0.5, 0.6) is 0 Å². The molecule has 4 heteroatoms. The van der Waals surface area contributed by atoms with Gasteiger partial charge in [-0.05, 0) is 35.8 Å². The average Bonchev–Trinajstić information content (AvgIpc) is 2.62. The molecule has 0 aliphatic carbocycles. The van der Waals surface area contributed by atoms with Crippen molar-refractivity contribution in [3.63, 3.8) is 0 Å². The van der Waals surface area contributed by atoms with E-state index in [0.29, 0.717) is 18.3 Å². The Labute approximate surface area is 156 Å². The molecule has 0 spiro atoms. The predicted octanol–water partition coefficient (Wildman–Crippen LogP) is 3.63. The van der Waals surface area contributed by atoms with Crippen molar-refractivity contribution in [2.45, 2.75) is 31.7 Å². The van der Waals surface area contributed by atoms with Crippen LogP contribution < -0.4 is 5.73 Å². The van der Waals surface area contributed by atoms with Crippen molar-refractivity contribution >= 4 is 18.3 Å². The standard InChI is InChI=1S/C21H26N2O.ClH/c1-16-15-23(13-12-19(16)18-10-6-3-7-11-18)21(24)20(22)14-17-8-4-2-5-9-17;/h2-11,16,19-20H,12-15,22H2,1H3;1H/t16?,19?,20-;/m0./s1. The molecule has 2 N–H and O–H groups in total. The third kappa shape index (κ3) is 4.83. The first-order valence-electron chi connectivity index (χ1n) is 8.78. The first kappa shape index (κ1) is 19.5. The third-order valence-electron chi connectivity index (χ3n) is 5.06. The lowest BCUT2D eigenvalue weighted by atomic mass is 9.81. The molecule has 3 rings (SSSR count). The van der Waals surface area contributed by atoms with Crippen LogP contribution in [0, 0.1) is 5.92 Å². The second-order valence-electron chi connectivity index (χ2n) is 6.86. The molecule has 1 amide bonds. The monoisotopic (exact) mass is 358 g/mol. The summed E-state index contributed by atoms with van der Waals surface area (Å²) in [7, 11) is 0. The highest BCUT2D eigenvalue weighted by atomic mass is 35.5. The van der Waals surface area contributed by atoms with Gasteiger partial charge in [-0.2, -0.15) is 0 Å². The molecule has 0 saturated carbocycles. The summed E-state index contributed by atoms with van der Waals surface area (Å²) in [4.78, 5) is 14.6. The number of piperidine rings is 1. The molecule has 1 aliphatic heterocycles. The molecule has 2 unspecified atom stereocenters. The number of nitrogens with two attached hydrogens (primary N) is 1. The Morgan fingerprint density at radius 3 is 2.32 bits per heavy atom. The molecule has 0 radical (unpaired) electrons. The van der Waals surface area contributed by atoms with Crippen molar-refractivity contribution in [2.24, 2.45) is 11.7 Å². The third-order valence-corrected chi connectivity index (χ3v) is 5.06. The zero-order valence-corrected chi connectivity index (χ0v) is 15.5. The Kier molecular flexibility index (Phi) is 7.03. The van der Waals surface area contributed by atoms with Gasteiger partial charge in [0.2, 0.25) is 5.91 Å². The number of likely N-dealkylation sites (tertiary alicyclic amines) is 1. The zero-order chi connectivity index (χ0) is 16.9. The molecule has 2 aromatic rings. The van der Waals surface area contributed by atoms with Crippen molar-refractivity contribution in [1.82, 2.24) is 4.90 Å². The van der Waals surface area contributed by atoms with Crippen LogP contribution in [0.2, 0.25) is 0 Å². The van der Waals surface area contributed by atoms with Crippen LogP contribution in [0.4, 0.5) is 0 Å². The Morgan fingerprint density at radius 2 is 1.72 bits per heavy atom. The van der Waals surface area contributed by atoms with Gasteiger partial charge in [0.15, 0.2) is 0 Å². The van der Waals surface area contributed by atoms with Crippen molar-refractivity contribution in [3.8, 4) is 0 Å². The van der Waals surface area contributed by atoms with Gasteiger partial charge in [-0.1, -0.05) is 67.6 Å². The molecular weight excluding hydrogens is 332 g/mol. The highest BCUT2D eigenvalue weighted by Crippen LogP contribution is 2.32. The van der Waals surface area contributed by atoms with E-state index >= 15 is 0 Å². The summed E-state index contributed by atoms with van der Waals surface area (Å²) in [6.45, 7) is 3.83. The lowest BCUT2D eigenvalue weighted by Crippen LogP contribution is -2.49. The van der Waals surface area contributed by atoms with Crippen molar-refractivity contribution in [1.29, 1.82) is 0 Å². The van der Waals surface area contributed by atoms with Gasteiger partial charge in [0, 0.05) is 13.1 Å². The molecule has 1 fully saturated rings. The molecule has 0 aromatic heterocycles. The average molecular weight is 359 g/mol. The Bertz CT molecular complexity index is 662. The maximum Gasteiger partial charge on any atom is 0.239 e. The lowest BCUT2D eigenvalue weighted by molar-refractivity contribution is -0.134. The molecule has 2 aromatic carbocycles. The minimum absolute atomic E-state index is 0. The zero-order valence-electron chi connectivity index (χ0n) is 14.7. The summed E-state index contributed by atoms with van der Waals surface area (Å²) in [5, 5.41) is 0. The van der Waals surface area contributed by atoms with E-state index in [1.165, 1.54) is 5.56 Å². The Morgan fingerprint density at radius 1 is 1.12 bits per heavy atom. The largest absolute Gasteiger partial charge is 0.341 e. The Hall–Kier alpha value is -1.84. The normalized spacial score (nSPS) is 21.3. The van der Waals surface area contributed by atoms with Crippen molar-refractivity contribution in [3.05, 3.63) is 71.8 Å². The van der Waals surface area contributed by atoms with E-state index in [0.717, 1.165) is 25.1 Å². The summed E-state index contributed by atoms with van der Waals surface area (Å²) >= 11 is 0. The van der Waals surface area contributed by atoms with E-state index in [1.54, 1.807) is 0 Å². The molecule has 1 aliphatic rings. The van der Waals surface area contributed by atoms with Crippen LogP contribution in [-0.4, -0.2) is 29.9 Å². The van der Waals surface area contributed by atoms with Crippen LogP contribution in [0.15, 0.2) is 60.7 Å². The number of nitrogens with zero attached hydrogens (tertiary/aromatic N) is 1. The second-order valence-corrected chi connectivity index (χ2v) is 6.86. The summed E-state index contributed by atoms with van der Waals surface area (Å²) in [5.74, 6) is 1.06. The molecule has 134 valence electrons. The molecule has 1 saturated heterocycles. The molecule has 1 heterocycles. The van der Waals surface area contributed by atoms with Crippen LogP contribution >= 0.6 is 12.4 Å². The SMILES string of the molecule is CC1CN(C(=O)[C@@H](N)Cc2ccccc2)CCC1c1ccccc1.Cl. The van der Waals surface area contributed by atoms with E-state index in [-0.39, 0.29) is 18.3 Å². The first-order valence-corrected chi connectivity index (χ1v) is 8.78. The van der Waals surface area contributed by atoms with Crippen LogP contribution in [0.3, 0.4) is 0 Å². The van der Waals surface area contributed by atoms with Crippen molar-refractivity contribution < 1.29 is 4.79 Å². The van der Waals surface area contributed by atoms with Gasteiger partial charge in [0.25, 0.3) is 0 Å². The van der Waals surface area contributed by atoms with E-state index in [9.17, 15) is 4.79 Å². The van der Waals surface area contributed by atoms with E-state index in [1.807, 2.05) is 35.2 Å². The maximum absolute atomic E-state index is 12.7. The number of halogens is 1. The van der Waals surface area contributed by atoms with Gasteiger partial charge in [-0.15, -0.1) is 12.4 Å². The van der Waals surface area contributed by atoms with Gasteiger partial charge in [0.1, 0.15) is 0 Å². The fraction of sp³-hybridized carbons (Fsp3) is 0.381. The molecular formula is C21H27ClN2O. The van der Waals surface area contributed by atoms with E-state index < -0.39 is 6.04 Å². The number of amides is 1. The lowest BCUT2D eigenvalue weighted by Gasteiger charge is -2.38. The summed E-state index contributed by atoms with van der Waals surface area (Å²) < 4.78 is 0. The predicted molar refractivity (Wildman–Crippen MR) is 105 cm³/mol. The highest BCUT2D eigenvalue weighted by Gasteiger charge is 2.31.